The summed E-state index contributed by atoms with van der Waals surface area (Å²) in [6.07, 6.45) is 3.76. The first-order valence-electron chi connectivity index (χ1n) is 11.3. The lowest BCUT2D eigenvalue weighted by Gasteiger charge is -2.30. The van der Waals surface area contributed by atoms with Gasteiger partial charge < -0.3 is 4.74 Å². The van der Waals surface area contributed by atoms with Gasteiger partial charge in [0.1, 0.15) is 5.75 Å². The van der Waals surface area contributed by atoms with Crippen LogP contribution in [0.5, 0.6) is 5.75 Å². The molecule has 0 amide bonds. The van der Waals surface area contributed by atoms with Gasteiger partial charge in [0.25, 0.3) is 5.56 Å². The molecule has 2 aliphatic rings. The fourth-order valence-corrected chi connectivity index (χ4v) is 6.71. The molecular formula is C28H20Br2N2O2S. The average molecular weight is 608 g/mol. The lowest BCUT2D eigenvalue weighted by Crippen LogP contribution is -2.38. The molecule has 1 atom stereocenters. The molecule has 1 aromatic heterocycles. The largest absolute Gasteiger partial charge is 0.496 e. The van der Waals surface area contributed by atoms with Gasteiger partial charge in [0.2, 0.25) is 0 Å². The van der Waals surface area contributed by atoms with Crippen LogP contribution in [-0.2, 0) is 6.42 Å². The Morgan fingerprint density at radius 3 is 2.63 bits per heavy atom. The molecule has 0 N–H and O–H groups in total. The second kappa shape index (κ2) is 9.04. The van der Waals surface area contributed by atoms with Crippen molar-refractivity contribution in [1.29, 1.82) is 0 Å². The maximum Gasteiger partial charge on any atom is 0.271 e. The first-order valence-corrected chi connectivity index (χ1v) is 13.7. The minimum atomic E-state index is -0.174. The van der Waals surface area contributed by atoms with E-state index in [2.05, 4.69) is 68.3 Å². The molecule has 2 heterocycles. The molecule has 7 heteroatoms. The van der Waals surface area contributed by atoms with Gasteiger partial charge in [-0.25, -0.2) is 4.99 Å². The van der Waals surface area contributed by atoms with E-state index in [1.807, 2.05) is 41.0 Å². The van der Waals surface area contributed by atoms with Crippen molar-refractivity contribution in [2.75, 3.05) is 7.11 Å². The zero-order valence-corrected chi connectivity index (χ0v) is 22.8. The summed E-state index contributed by atoms with van der Waals surface area (Å²) < 4.78 is 9.75. The van der Waals surface area contributed by atoms with Crippen molar-refractivity contribution in [1.82, 2.24) is 4.57 Å². The fourth-order valence-electron chi connectivity index (χ4n) is 4.89. The summed E-state index contributed by atoms with van der Waals surface area (Å²) in [5.41, 5.74) is 6.71. The molecule has 174 valence electrons. The summed E-state index contributed by atoms with van der Waals surface area (Å²) in [5.74, 6) is 0.755. The van der Waals surface area contributed by atoms with Gasteiger partial charge in [0.15, 0.2) is 4.80 Å². The predicted molar refractivity (Wildman–Crippen MR) is 148 cm³/mol. The summed E-state index contributed by atoms with van der Waals surface area (Å²) in [4.78, 5) is 19.6. The van der Waals surface area contributed by atoms with Crippen molar-refractivity contribution in [2.45, 2.75) is 18.9 Å². The Bertz CT molecular complexity index is 1680. The Morgan fingerprint density at radius 2 is 1.86 bits per heavy atom. The molecule has 0 fully saturated rings. The van der Waals surface area contributed by atoms with Crippen LogP contribution < -0.4 is 19.6 Å². The number of thiazole rings is 1. The Balaban J connectivity index is 1.59. The maximum atomic E-state index is 13.8. The minimum absolute atomic E-state index is 0.0148. The number of halogens is 2. The van der Waals surface area contributed by atoms with Crippen molar-refractivity contribution in [3.05, 3.63) is 123 Å². The van der Waals surface area contributed by atoms with Gasteiger partial charge in [-0.2, -0.15) is 0 Å². The van der Waals surface area contributed by atoms with Gasteiger partial charge in [-0.3, -0.25) is 9.36 Å². The Labute approximate surface area is 223 Å². The topological polar surface area (TPSA) is 43.6 Å². The maximum absolute atomic E-state index is 13.8. The van der Waals surface area contributed by atoms with E-state index in [0.717, 1.165) is 49.2 Å². The number of rotatable bonds is 3. The average Bonchev–Trinajstić information content (AvgIpc) is 3.18. The monoisotopic (exact) mass is 606 g/mol. The van der Waals surface area contributed by atoms with Crippen LogP contribution in [0.1, 0.15) is 34.7 Å². The van der Waals surface area contributed by atoms with Crippen LogP contribution in [0.3, 0.4) is 0 Å². The molecule has 0 radical (unpaired) electrons. The number of nitrogens with zero attached hydrogens (tertiary/aromatic N) is 2. The Hall–Kier alpha value is -2.74. The number of allylic oxidation sites excluding steroid dienone is 1. The standard InChI is InChI=1S/C28H20Br2N2O2S/c1-34-23-13-6-16(14-22(23)30)15-24-27(33)32-26(18-7-10-19(29)11-8-18)21-12-9-17-4-2-3-5-20(17)25(21)31-28(32)35-24/h2-8,10-11,13-15,26H,9,12H2,1H3/b24-15-/t26-/m1/s1. The summed E-state index contributed by atoms with van der Waals surface area (Å²) in [7, 11) is 1.64. The minimum Gasteiger partial charge on any atom is -0.496 e. The second-order valence-electron chi connectivity index (χ2n) is 8.56. The molecule has 6 rings (SSSR count). The lowest BCUT2D eigenvalue weighted by atomic mass is 9.83. The molecule has 35 heavy (non-hydrogen) atoms. The van der Waals surface area contributed by atoms with E-state index < -0.39 is 0 Å². The first-order chi connectivity index (χ1) is 17.0. The van der Waals surface area contributed by atoms with Gasteiger partial charge in [-0.15, -0.1) is 0 Å². The van der Waals surface area contributed by atoms with Crippen molar-refractivity contribution >= 4 is 55.0 Å². The third kappa shape index (κ3) is 3.96. The van der Waals surface area contributed by atoms with E-state index in [1.165, 1.54) is 28.0 Å². The summed E-state index contributed by atoms with van der Waals surface area (Å²) in [6.45, 7) is 0. The molecular weight excluding hydrogens is 588 g/mol. The van der Waals surface area contributed by atoms with Gasteiger partial charge in [-0.05, 0) is 81.4 Å². The number of aromatic nitrogens is 1. The number of benzene rings is 3. The number of methoxy groups -OCH3 is 1. The van der Waals surface area contributed by atoms with Gasteiger partial charge in [-0.1, -0.05) is 69.7 Å². The molecule has 1 aliphatic heterocycles. The number of aryl methyl sites for hydroxylation is 1. The number of ether oxygens (including phenoxy) is 1. The van der Waals surface area contributed by atoms with E-state index >= 15 is 0 Å². The van der Waals surface area contributed by atoms with Crippen LogP contribution in [0.25, 0.3) is 11.8 Å². The highest BCUT2D eigenvalue weighted by atomic mass is 79.9. The highest BCUT2D eigenvalue weighted by molar-refractivity contribution is 9.10. The van der Waals surface area contributed by atoms with E-state index in [-0.39, 0.29) is 11.6 Å². The summed E-state index contributed by atoms with van der Waals surface area (Å²) in [6, 6.07) is 22.4. The fraction of sp³-hybridized carbons (Fsp3) is 0.143. The van der Waals surface area contributed by atoms with E-state index in [4.69, 9.17) is 9.73 Å². The second-order valence-corrected chi connectivity index (χ2v) is 11.3. The first kappa shape index (κ1) is 22.7. The van der Waals surface area contributed by atoms with Crippen molar-refractivity contribution < 1.29 is 4.74 Å². The third-order valence-corrected chi connectivity index (χ3v) is 8.66. The highest BCUT2D eigenvalue weighted by Gasteiger charge is 2.32. The normalized spacial score (nSPS) is 16.9. The van der Waals surface area contributed by atoms with E-state index in [9.17, 15) is 4.79 Å². The number of fused-ring (bicyclic) bond motifs is 3. The SMILES string of the molecule is COc1ccc(/C=c2\sc3n(c2=O)[C@H](c2ccc(Br)cc2)C2=C(N=3)c3ccccc3CC2)cc1Br. The molecule has 0 saturated heterocycles. The molecule has 4 nitrogen and oxygen atoms in total. The van der Waals surface area contributed by atoms with Gasteiger partial charge in [0, 0.05) is 10.0 Å². The summed E-state index contributed by atoms with van der Waals surface area (Å²) >= 11 is 8.54. The van der Waals surface area contributed by atoms with E-state index in [1.54, 1.807) is 7.11 Å². The molecule has 0 bridgehead atoms. The molecule has 3 aromatic carbocycles. The van der Waals surface area contributed by atoms with Crippen LogP contribution in [0, 0.1) is 0 Å². The smallest absolute Gasteiger partial charge is 0.271 e. The molecule has 1 aliphatic carbocycles. The van der Waals surface area contributed by atoms with Crippen molar-refractivity contribution in [3.8, 4) is 5.75 Å². The van der Waals surface area contributed by atoms with Crippen LogP contribution >= 0.6 is 43.2 Å². The van der Waals surface area contributed by atoms with Gasteiger partial charge >= 0.3 is 0 Å². The van der Waals surface area contributed by atoms with Crippen LogP contribution in [0.4, 0.5) is 0 Å². The molecule has 0 unspecified atom stereocenters. The predicted octanol–water partition coefficient (Wildman–Crippen LogP) is 5.85. The molecule has 0 spiro atoms. The molecule has 4 aromatic rings. The number of hydrogen-bond donors (Lipinski definition) is 0. The Morgan fingerprint density at radius 1 is 1.06 bits per heavy atom. The van der Waals surface area contributed by atoms with Crippen LogP contribution in [0.2, 0.25) is 0 Å². The zero-order chi connectivity index (χ0) is 24.1. The third-order valence-electron chi connectivity index (χ3n) is 6.53. The Kier molecular flexibility index (Phi) is 5.87. The number of hydrogen-bond acceptors (Lipinski definition) is 4. The van der Waals surface area contributed by atoms with Crippen LogP contribution in [0.15, 0.2) is 91.0 Å². The lowest BCUT2D eigenvalue weighted by molar-refractivity contribution is 0.412. The van der Waals surface area contributed by atoms with Crippen LogP contribution in [-0.4, -0.2) is 11.7 Å². The summed E-state index contributed by atoms with van der Waals surface area (Å²) in [5, 5.41) is 0. The van der Waals surface area contributed by atoms with Crippen molar-refractivity contribution in [2.24, 2.45) is 4.99 Å². The zero-order valence-electron chi connectivity index (χ0n) is 18.8. The molecule has 0 saturated carbocycles. The quantitative estimate of drug-likeness (QED) is 0.293. The highest BCUT2D eigenvalue weighted by Crippen LogP contribution is 2.41. The van der Waals surface area contributed by atoms with Gasteiger partial charge in [0.05, 0.1) is 27.9 Å². The van der Waals surface area contributed by atoms with E-state index in [0.29, 0.717) is 4.53 Å². The van der Waals surface area contributed by atoms with Crippen molar-refractivity contribution in [3.63, 3.8) is 0 Å².